The number of carboxylic acid groups (broad SMARTS) is 1. The van der Waals surface area contributed by atoms with Gasteiger partial charge in [-0.15, -0.1) is 0 Å². The number of aliphatic hydroxyl groups excluding tert-OH is 1. The summed E-state index contributed by atoms with van der Waals surface area (Å²) in [6, 6.07) is 6.03. The molecule has 0 atom stereocenters. The van der Waals surface area contributed by atoms with Crippen molar-refractivity contribution in [2.75, 3.05) is 13.1 Å². The molecule has 0 radical (unpaired) electrons. The molecule has 1 aliphatic heterocycles. The molecule has 1 aromatic rings. The lowest BCUT2D eigenvalue weighted by molar-refractivity contribution is -0.140. The van der Waals surface area contributed by atoms with Crippen molar-refractivity contribution in [1.29, 1.82) is 0 Å². The number of aliphatic carboxylic acids is 1. The van der Waals surface area contributed by atoms with Gasteiger partial charge in [0.1, 0.15) is 0 Å². The van der Waals surface area contributed by atoms with Crippen molar-refractivity contribution >= 4 is 16.0 Å². The highest BCUT2D eigenvalue weighted by Gasteiger charge is 2.51. The first-order chi connectivity index (χ1) is 9.36. The number of nitrogens with zero attached hydrogens (tertiary/aromatic N) is 1. The molecule has 3 rings (SSSR count). The highest BCUT2D eigenvalue weighted by Crippen LogP contribution is 2.48. The lowest BCUT2D eigenvalue weighted by atomic mass is 9.96. The molecule has 6 nitrogen and oxygen atoms in total. The molecule has 2 fully saturated rings. The third-order valence-electron chi connectivity index (χ3n) is 4.03. The molecule has 1 aliphatic carbocycles. The second-order valence-corrected chi connectivity index (χ2v) is 7.33. The van der Waals surface area contributed by atoms with E-state index in [0.717, 1.165) is 0 Å². The van der Waals surface area contributed by atoms with Gasteiger partial charge in [0.2, 0.25) is 10.0 Å². The maximum atomic E-state index is 12.2. The summed E-state index contributed by atoms with van der Waals surface area (Å²) in [6.07, 6.45) is 0.588. The van der Waals surface area contributed by atoms with Gasteiger partial charge in [0.25, 0.3) is 0 Å². The number of benzene rings is 1. The summed E-state index contributed by atoms with van der Waals surface area (Å²) >= 11 is 0. The summed E-state index contributed by atoms with van der Waals surface area (Å²) in [5.74, 6) is -0.862. The molecule has 0 amide bonds. The summed E-state index contributed by atoms with van der Waals surface area (Å²) < 4.78 is 25.5. The Kier molecular flexibility index (Phi) is 2.89. The Morgan fingerprint density at radius 3 is 2.15 bits per heavy atom. The fourth-order valence-corrected chi connectivity index (χ4v) is 3.97. The van der Waals surface area contributed by atoms with Gasteiger partial charge in [0.15, 0.2) is 0 Å². The first-order valence-corrected chi connectivity index (χ1v) is 7.82. The molecule has 1 saturated carbocycles. The molecule has 1 aromatic carbocycles. The zero-order valence-corrected chi connectivity index (χ0v) is 11.5. The Bertz CT molecular complexity index is 642. The van der Waals surface area contributed by atoms with Crippen molar-refractivity contribution in [3.8, 4) is 0 Å². The third kappa shape index (κ3) is 1.93. The Balaban J connectivity index is 1.85. The standard InChI is InChI=1S/C13H15NO5S/c15-10-7-14(8-10)20(18,19)11-3-1-9(2-4-11)13(5-6-13)12(16)17/h1-4,10,15H,5-8H2,(H,16,17). The van der Waals surface area contributed by atoms with Crippen LogP contribution < -0.4 is 0 Å². The number of aliphatic hydroxyl groups is 1. The third-order valence-corrected chi connectivity index (χ3v) is 5.88. The van der Waals surface area contributed by atoms with Crippen molar-refractivity contribution < 1.29 is 23.4 Å². The van der Waals surface area contributed by atoms with E-state index in [1.165, 1.54) is 16.4 Å². The molecule has 7 heteroatoms. The molecule has 1 heterocycles. The molecule has 0 aromatic heterocycles. The van der Waals surface area contributed by atoms with E-state index in [0.29, 0.717) is 18.4 Å². The van der Waals surface area contributed by atoms with Crippen LogP contribution in [0.2, 0.25) is 0 Å². The van der Waals surface area contributed by atoms with Crippen LogP contribution in [0.4, 0.5) is 0 Å². The van der Waals surface area contributed by atoms with Gasteiger partial charge in [-0.25, -0.2) is 8.42 Å². The second kappa shape index (κ2) is 4.28. The van der Waals surface area contributed by atoms with Gasteiger partial charge in [0, 0.05) is 13.1 Å². The summed E-state index contributed by atoms with van der Waals surface area (Å²) in [6.45, 7) is 0.228. The highest BCUT2D eigenvalue weighted by atomic mass is 32.2. The second-order valence-electron chi connectivity index (χ2n) is 5.39. The minimum atomic E-state index is -3.57. The Morgan fingerprint density at radius 2 is 1.75 bits per heavy atom. The first kappa shape index (κ1) is 13.5. The average Bonchev–Trinajstić information content (AvgIpc) is 3.16. The van der Waals surface area contributed by atoms with Crippen LogP contribution in [0.1, 0.15) is 18.4 Å². The molecule has 0 unspecified atom stereocenters. The van der Waals surface area contributed by atoms with Crippen LogP contribution in [-0.4, -0.2) is 48.1 Å². The summed E-state index contributed by atoms with van der Waals surface area (Å²) in [7, 11) is -3.57. The number of hydrogen-bond donors (Lipinski definition) is 2. The van der Waals surface area contributed by atoms with E-state index in [9.17, 15) is 23.4 Å². The molecule has 2 N–H and O–H groups in total. The molecular weight excluding hydrogens is 282 g/mol. The maximum absolute atomic E-state index is 12.2. The quantitative estimate of drug-likeness (QED) is 0.826. The van der Waals surface area contributed by atoms with Gasteiger partial charge in [0.05, 0.1) is 16.4 Å². The Hall–Kier alpha value is -1.44. The van der Waals surface area contributed by atoms with Gasteiger partial charge >= 0.3 is 5.97 Å². The number of sulfonamides is 1. The molecule has 2 aliphatic rings. The predicted octanol–water partition coefficient (Wildman–Crippen LogP) is 0.168. The first-order valence-electron chi connectivity index (χ1n) is 6.38. The number of carboxylic acids is 1. The van der Waals surface area contributed by atoms with Gasteiger partial charge in [-0.05, 0) is 30.5 Å². The van der Waals surface area contributed by atoms with E-state index in [1.54, 1.807) is 12.1 Å². The lowest BCUT2D eigenvalue weighted by Crippen LogP contribution is -2.53. The maximum Gasteiger partial charge on any atom is 0.314 e. The van der Waals surface area contributed by atoms with E-state index in [-0.39, 0.29) is 18.0 Å². The predicted molar refractivity (Wildman–Crippen MR) is 69.8 cm³/mol. The van der Waals surface area contributed by atoms with Gasteiger partial charge in [-0.1, -0.05) is 12.1 Å². The van der Waals surface area contributed by atoms with Crippen LogP contribution in [0.5, 0.6) is 0 Å². The smallest absolute Gasteiger partial charge is 0.314 e. The minimum Gasteiger partial charge on any atom is -0.481 e. The largest absolute Gasteiger partial charge is 0.481 e. The van der Waals surface area contributed by atoms with Gasteiger partial charge in [-0.2, -0.15) is 4.31 Å². The van der Waals surface area contributed by atoms with Crippen LogP contribution in [0.25, 0.3) is 0 Å². The number of carbonyl (C=O) groups is 1. The number of rotatable bonds is 4. The van der Waals surface area contributed by atoms with Gasteiger partial charge in [-0.3, -0.25) is 4.79 Å². The van der Waals surface area contributed by atoms with Crippen molar-refractivity contribution in [3.63, 3.8) is 0 Å². The minimum absolute atomic E-state index is 0.114. The highest BCUT2D eigenvalue weighted by molar-refractivity contribution is 7.89. The summed E-state index contributed by atoms with van der Waals surface area (Å²) in [5.41, 5.74) is -0.178. The zero-order chi connectivity index (χ0) is 14.5. The van der Waals surface area contributed by atoms with Crippen LogP contribution in [0.15, 0.2) is 29.2 Å². The molecule has 108 valence electrons. The number of β-amino-alcohol motifs (C(OH)–C–C–N with tert-alkyl or cyclic N) is 1. The van der Waals surface area contributed by atoms with Gasteiger partial charge < -0.3 is 10.2 Å². The zero-order valence-electron chi connectivity index (χ0n) is 10.7. The average molecular weight is 297 g/mol. The number of hydrogen-bond acceptors (Lipinski definition) is 4. The van der Waals surface area contributed by atoms with Crippen molar-refractivity contribution in [2.45, 2.75) is 29.3 Å². The van der Waals surface area contributed by atoms with Crippen LogP contribution in [-0.2, 0) is 20.2 Å². The fourth-order valence-electron chi connectivity index (χ4n) is 2.46. The van der Waals surface area contributed by atoms with Crippen molar-refractivity contribution in [2.24, 2.45) is 0 Å². The Morgan fingerprint density at radius 1 is 1.20 bits per heavy atom. The summed E-state index contributed by atoms with van der Waals surface area (Å²) in [5, 5.41) is 18.4. The summed E-state index contributed by atoms with van der Waals surface area (Å²) in [4.78, 5) is 11.3. The van der Waals surface area contributed by atoms with E-state index in [1.807, 2.05) is 0 Å². The topological polar surface area (TPSA) is 94.9 Å². The van der Waals surface area contributed by atoms with Crippen LogP contribution in [0, 0.1) is 0 Å². The monoisotopic (exact) mass is 297 g/mol. The van der Waals surface area contributed by atoms with E-state index < -0.39 is 27.5 Å². The van der Waals surface area contributed by atoms with Crippen LogP contribution in [0.3, 0.4) is 0 Å². The van der Waals surface area contributed by atoms with Crippen molar-refractivity contribution in [1.82, 2.24) is 4.31 Å². The molecule has 20 heavy (non-hydrogen) atoms. The van der Waals surface area contributed by atoms with Crippen LogP contribution >= 0.6 is 0 Å². The lowest BCUT2D eigenvalue weighted by Gasteiger charge is -2.34. The Labute approximate surface area is 116 Å². The van der Waals surface area contributed by atoms with E-state index in [2.05, 4.69) is 0 Å². The fraction of sp³-hybridized carbons (Fsp3) is 0.462. The SMILES string of the molecule is O=C(O)C1(c2ccc(S(=O)(=O)N3CC(O)C3)cc2)CC1. The molecule has 0 bridgehead atoms. The van der Waals surface area contributed by atoms with Crippen molar-refractivity contribution in [3.05, 3.63) is 29.8 Å². The molecule has 0 spiro atoms. The normalized spacial score (nSPS) is 22.2. The van der Waals surface area contributed by atoms with E-state index in [4.69, 9.17) is 0 Å². The molecule has 1 saturated heterocycles. The van der Waals surface area contributed by atoms with E-state index >= 15 is 0 Å². The molecular formula is C13H15NO5S.